The molecule has 0 aliphatic carbocycles. The predicted molar refractivity (Wildman–Crippen MR) is 150 cm³/mol. The van der Waals surface area contributed by atoms with E-state index in [9.17, 15) is 24.5 Å². The number of aryl methyl sites for hydroxylation is 1. The topological polar surface area (TPSA) is 152 Å². The zero-order valence-corrected chi connectivity index (χ0v) is 22.6. The Balaban J connectivity index is 1.35. The molecular weight excluding hydrogens is 532 g/mol. The van der Waals surface area contributed by atoms with Crippen molar-refractivity contribution in [2.45, 2.75) is 32.2 Å². The first kappa shape index (κ1) is 29.0. The molecule has 4 rings (SSSR count). The monoisotopic (exact) mass is 562 g/mol. The Morgan fingerprint density at radius 2 is 1.85 bits per heavy atom. The smallest absolute Gasteiger partial charge is 0.350 e. The number of aromatic carboxylic acids is 1. The minimum atomic E-state index is -1.28. The van der Waals surface area contributed by atoms with E-state index in [4.69, 9.17) is 14.7 Å². The molecule has 3 amide bonds. The quantitative estimate of drug-likeness (QED) is 0.264. The minimum absolute atomic E-state index is 0.0425. The molecule has 0 spiro atoms. The zero-order chi connectivity index (χ0) is 29.5. The van der Waals surface area contributed by atoms with E-state index in [0.717, 1.165) is 28.7 Å². The number of hydroxylamine groups is 1. The highest BCUT2D eigenvalue weighted by Gasteiger charge is 2.30. The number of benzene rings is 3. The fraction of sp³-hybridized carbons (Fsp3) is 0.276. The molecule has 1 heterocycles. The molecule has 2 N–H and O–H groups in total. The second-order valence-electron chi connectivity index (χ2n) is 9.51. The summed E-state index contributed by atoms with van der Waals surface area (Å²) >= 11 is 0. The SMILES string of the molecule is CON(C(=O)Nc1ccc(CC(=O)N2CCCC2COc2ccc(C(=O)O)cc2[N+](=O)[O-])cc1)c1ccccc1C. The van der Waals surface area contributed by atoms with E-state index in [0.29, 0.717) is 24.3 Å². The van der Waals surface area contributed by atoms with Gasteiger partial charge in [0.15, 0.2) is 5.75 Å². The van der Waals surface area contributed by atoms with Crippen molar-refractivity contribution in [3.63, 3.8) is 0 Å². The van der Waals surface area contributed by atoms with Crippen LogP contribution in [0.5, 0.6) is 5.75 Å². The van der Waals surface area contributed by atoms with Crippen molar-refractivity contribution in [2.24, 2.45) is 0 Å². The number of carboxylic acid groups (broad SMARTS) is 1. The van der Waals surface area contributed by atoms with Gasteiger partial charge in [-0.05, 0) is 61.2 Å². The van der Waals surface area contributed by atoms with E-state index in [-0.39, 0.29) is 36.3 Å². The molecule has 1 aliphatic rings. The molecular formula is C29H30N4O8. The molecule has 0 radical (unpaired) electrons. The number of rotatable bonds is 10. The van der Waals surface area contributed by atoms with Crippen LogP contribution >= 0.6 is 0 Å². The lowest BCUT2D eigenvalue weighted by Crippen LogP contribution is -2.40. The molecule has 0 saturated carbocycles. The van der Waals surface area contributed by atoms with Crippen LogP contribution in [0.15, 0.2) is 66.7 Å². The molecule has 1 unspecified atom stereocenters. The van der Waals surface area contributed by atoms with Crippen LogP contribution in [-0.4, -0.2) is 59.1 Å². The molecule has 0 aromatic heterocycles. The second kappa shape index (κ2) is 12.9. The third-order valence-corrected chi connectivity index (χ3v) is 6.79. The van der Waals surface area contributed by atoms with Gasteiger partial charge in [-0.25, -0.2) is 9.59 Å². The standard InChI is InChI=1S/C29H30N4O8/c1-19-6-3-4-8-24(19)32(40-2)29(37)30-22-12-9-20(10-13-22)16-27(34)31-15-5-7-23(31)18-41-26-14-11-21(28(35)36)17-25(26)33(38)39/h3-4,6,8-14,17,23H,5,7,15-16,18H2,1-2H3,(H,30,37)(H,35,36). The van der Waals surface area contributed by atoms with Crippen molar-refractivity contribution < 1.29 is 34.0 Å². The largest absolute Gasteiger partial charge is 0.485 e. The number of nitro groups is 1. The van der Waals surface area contributed by atoms with E-state index in [1.165, 1.54) is 19.2 Å². The molecule has 3 aromatic rings. The first-order valence-corrected chi connectivity index (χ1v) is 12.9. The number of nitrogens with zero attached hydrogens (tertiary/aromatic N) is 3. The number of nitrogens with one attached hydrogen (secondary N) is 1. The van der Waals surface area contributed by atoms with Crippen molar-refractivity contribution in [3.05, 3.63) is 93.5 Å². The number of hydrogen-bond donors (Lipinski definition) is 2. The van der Waals surface area contributed by atoms with E-state index < -0.39 is 22.6 Å². The summed E-state index contributed by atoms with van der Waals surface area (Å²) < 4.78 is 5.69. The molecule has 12 nitrogen and oxygen atoms in total. The van der Waals surface area contributed by atoms with E-state index in [1.54, 1.807) is 35.2 Å². The maximum absolute atomic E-state index is 13.1. The van der Waals surface area contributed by atoms with Gasteiger partial charge in [-0.2, -0.15) is 5.06 Å². The summed E-state index contributed by atoms with van der Waals surface area (Å²) in [7, 11) is 1.41. The fourth-order valence-electron chi connectivity index (χ4n) is 4.68. The Morgan fingerprint density at radius 3 is 2.51 bits per heavy atom. The van der Waals surface area contributed by atoms with E-state index in [1.807, 2.05) is 25.1 Å². The second-order valence-corrected chi connectivity index (χ2v) is 9.51. The molecule has 1 aliphatic heterocycles. The van der Waals surface area contributed by atoms with Gasteiger partial charge < -0.3 is 20.1 Å². The lowest BCUT2D eigenvalue weighted by atomic mass is 10.1. The van der Waals surface area contributed by atoms with Gasteiger partial charge >= 0.3 is 17.7 Å². The molecule has 214 valence electrons. The van der Waals surface area contributed by atoms with E-state index in [2.05, 4.69) is 5.32 Å². The van der Waals surface area contributed by atoms with Gasteiger partial charge in [0, 0.05) is 18.3 Å². The number of nitro benzene ring substituents is 1. The third-order valence-electron chi connectivity index (χ3n) is 6.79. The average Bonchev–Trinajstić information content (AvgIpc) is 3.43. The number of para-hydroxylation sites is 1. The summed E-state index contributed by atoms with van der Waals surface area (Å²) in [5, 5.41) is 24.5. The van der Waals surface area contributed by atoms with Gasteiger partial charge in [-0.1, -0.05) is 30.3 Å². The zero-order valence-electron chi connectivity index (χ0n) is 22.6. The maximum atomic E-state index is 13.1. The van der Waals surface area contributed by atoms with Crippen LogP contribution in [0.2, 0.25) is 0 Å². The Kier molecular flexibility index (Phi) is 9.15. The number of amides is 3. The van der Waals surface area contributed by atoms with Crippen LogP contribution in [0.4, 0.5) is 21.9 Å². The molecule has 0 bridgehead atoms. The van der Waals surface area contributed by atoms with Gasteiger partial charge in [0.1, 0.15) is 6.61 Å². The molecule has 12 heteroatoms. The number of anilines is 2. The van der Waals surface area contributed by atoms with Crippen molar-refractivity contribution >= 4 is 35.0 Å². The molecule has 1 saturated heterocycles. The highest BCUT2D eigenvalue weighted by Crippen LogP contribution is 2.29. The normalized spacial score (nSPS) is 14.4. The van der Waals surface area contributed by atoms with Crippen molar-refractivity contribution in [1.29, 1.82) is 0 Å². The number of ether oxygens (including phenoxy) is 1. The summed E-state index contributed by atoms with van der Waals surface area (Å²) in [5.41, 5.74) is 2.12. The Labute approximate surface area is 236 Å². The number of urea groups is 1. The van der Waals surface area contributed by atoms with Gasteiger partial charge in [-0.3, -0.25) is 19.7 Å². The number of carboxylic acids is 1. The van der Waals surface area contributed by atoms with Crippen LogP contribution in [0, 0.1) is 17.0 Å². The van der Waals surface area contributed by atoms with E-state index >= 15 is 0 Å². The number of carbonyl (C=O) groups excluding carboxylic acids is 2. The molecule has 1 atom stereocenters. The third kappa shape index (κ3) is 6.97. The summed E-state index contributed by atoms with van der Waals surface area (Å²) in [4.78, 5) is 54.8. The van der Waals surface area contributed by atoms with Crippen molar-refractivity contribution in [3.8, 4) is 5.75 Å². The van der Waals surface area contributed by atoms with Gasteiger partial charge in [0.2, 0.25) is 5.91 Å². The summed E-state index contributed by atoms with van der Waals surface area (Å²) in [6.45, 7) is 2.45. The van der Waals surface area contributed by atoms with Gasteiger partial charge in [-0.15, -0.1) is 0 Å². The first-order valence-electron chi connectivity index (χ1n) is 12.9. The van der Waals surface area contributed by atoms with Crippen LogP contribution < -0.4 is 15.1 Å². The number of likely N-dealkylation sites (tertiary alicyclic amines) is 1. The maximum Gasteiger partial charge on any atom is 0.350 e. The van der Waals surface area contributed by atoms with Crippen LogP contribution in [0.1, 0.15) is 34.3 Å². The van der Waals surface area contributed by atoms with Crippen molar-refractivity contribution in [2.75, 3.05) is 30.6 Å². The lowest BCUT2D eigenvalue weighted by molar-refractivity contribution is -0.385. The summed E-state index contributed by atoms with van der Waals surface area (Å²) in [6, 6.07) is 17.0. The minimum Gasteiger partial charge on any atom is -0.485 e. The Bertz CT molecular complexity index is 1440. The fourth-order valence-corrected chi connectivity index (χ4v) is 4.68. The van der Waals surface area contributed by atoms with Crippen LogP contribution in [0.25, 0.3) is 0 Å². The highest BCUT2D eigenvalue weighted by atomic mass is 16.7. The molecule has 1 fully saturated rings. The number of hydrogen-bond acceptors (Lipinski definition) is 7. The van der Waals surface area contributed by atoms with Gasteiger partial charge in [0.25, 0.3) is 0 Å². The lowest BCUT2D eigenvalue weighted by Gasteiger charge is -2.25. The van der Waals surface area contributed by atoms with Crippen LogP contribution in [-0.2, 0) is 16.1 Å². The average molecular weight is 563 g/mol. The Hall–Kier alpha value is -4.97. The first-order chi connectivity index (χ1) is 19.7. The Morgan fingerprint density at radius 1 is 1.12 bits per heavy atom. The van der Waals surface area contributed by atoms with Gasteiger partial charge in [0.05, 0.1) is 35.7 Å². The summed E-state index contributed by atoms with van der Waals surface area (Å²) in [5.74, 6) is -1.44. The van der Waals surface area contributed by atoms with Crippen molar-refractivity contribution in [1.82, 2.24) is 4.90 Å². The highest BCUT2D eigenvalue weighted by molar-refractivity contribution is 6.00. The molecule has 41 heavy (non-hydrogen) atoms. The summed E-state index contributed by atoms with van der Waals surface area (Å²) in [6.07, 6.45) is 1.57. The molecule has 3 aromatic carbocycles. The predicted octanol–water partition coefficient (Wildman–Crippen LogP) is 4.81. The number of carbonyl (C=O) groups is 3. The van der Waals surface area contributed by atoms with Crippen LogP contribution in [0.3, 0.4) is 0 Å².